The second kappa shape index (κ2) is 9.72. The SMILES string of the molecule is COc1ccccc1COC[C@H](O)Cn1nc(-c2ccc(F)cc2)c2ccccc2c1=O. The Balaban J connectivity index is 1.55. The molecule has 0 spiro atoms. The van der Waals surface area contributed by atoms with Crippen molar-refractivity contribution in [2.24, 2.45) is 0 Å². The Kier molecular flexibility index (Phi) is 6.58. The van der Waals surface area contributed by atoms with Crippen molar-refractivity contribution < 1.29 is 19.0 Å². The van der Waals surface area contributed by atoms with Gasteiger partial charge in [0, 0.05) is 16.5 Å². The zero-order valence-electron chi connectivity index (χ0n) is 17.6. The summed E-state index contributed by atoms with van der Waals surface area (Å²) in [6.07, 6.45) is -0.947. The molecule has 7 heteroatoms. The highest BCUT2D eigenvalue weighted by atomic mass is 19.1. The number of fused-ring (bicyclic) bond motifs is 1. The molecule has 1 N–H and O–H groups in total. The van der Waals surface area contributed by atoms with Gasteiger partial charge in [0.05, 0.1) is 44.1 Å². The summed E-state index contributed by atoms with van der Waals surface area (Å²) in [4.78, 5) is 13.0. The van der Waals surface area contributed by atoms with E-state index < -0.39 is 6.10 Å². The predicted octanol–water partition coefficient (Wildman–Crippen LogP) is 3.79. The first kappa shape index (κ1) is 21.7. The molecule has 0 radical (unpaired) electrons. The Morgan fingerprint density at radius 2 is 1.69 bits per heavy atom. The number of hydrogen-bond acceptors (Lipinski definition) is 5. The Morgan fingerprint density at radius 1 is 1.00 bits per heavy atom. The Labute approximate surface area is 184 Å². The van der Waals surface area contributed by atoms with Crippen LogP contribution in [0.3, 0.4) is 0 Å². The molecule has 3 aromatic carbocycles. The van der Waals surface area contributed by atoms with Crippen molar-refractivity contribution in [2.45, 2.75) is 19.3 Å². The molecule has 164 valence electrons. The summed E-state index contributed by atoms with van der Waals surface area (Å²) in [5.41, 5.74) is 1.78. The maximum atomic E-state index is 13.4. The summed E-state index contributed by atoms with van der Waals surface area (Å²) < 4.78 is 25.6. The van der Waals surface area contributed by atoms with Crippen molar-refractivity contribution in [3.63, 3.8) is 0 Å². The molecule has 0 saturated carbocycles. The summed E-state index contributed by atoms with van der Waals surface area (Å²) in [5.74, 6) is 0.354. The van der Waals surface area contributed by atoms with Crippen LogP contribution in [-0.4, -0.2) is 34.7 Å². The summed E-state index contributed by atoms with van der Waals surface area (Å²) in [7, 11) is 1.59. The number of methoxy groups -OCH3 is 1. The van der Waals surface area contributed by atoms with E-state index in [0.29, 0.717) is 27.8 Å². The average Bonchev–Trinajstić information content (AvgIpc) is 2.82. The number of aromatic nitrogens is 2. The largest absolute Gasteiger partial charge is 0.496 e. The minimum absolute atomic E-state index is 0.0187. The normalized spacial score (nSPS) is 12.1. The summed E-state index contributed by atoms with van der Waals surface area (Å²) >= 11 is 0. The van der Waals surface area contributed by atoms with Gasteiger partial charge in [0.2, 0.25) is 0 Å². The Hall–Kier alpha value is -3.55. The van der Waals surface area contributed by atoms with E-state index >= 15 is 0 Å². The van der Waals surface area contributed by atoms with Gasteiger partial charge in [0.25, 0.3) is 5.56 Å². The van der Waals surface area contributed by atoms with Crippen molar-refractivity contribution in [1.29, 1.82) is 0 Å². The second-order valence-electron chi connectivity index (χ2n) is 7.37. The molecule has 0 unspecified atom stereocenters. The summed E-state index contributed by atoms with van der Waals surface area (Å²) in [6.45, 7) is 0.247. The van der Waals surface area contributed by atoms with E-state index in [2.05, 4.69) is 5.10 Å². The van der Waals surface area contributed by atoms with Gasteiger partial charge in [-0.3, -0.25) is 4.79 Å². The van der Waals surface area contributed by atoms with Gasteiger partial charge in [-0.05, 0) is 36.4 Å². The minimum atomic E-state index is -0.947. The molecule has 0 aliphatic rings. The smallest absolute Gasteiger partial charge is 0.274 e. The molecule has 1 aromatic heterocycles. The molecule has 0 aliphatic carbocycles. The minimum Gasteiger partial charge on any atom is -0.496 e. The molecule has 0 amide bonds. The van der Waals surface area contributed by atoms with E-state index in [0.717, 1.165) is 5.56 Å². The average molecular weight is 434 g/mol. The standard InChI is InChI=1S/C25H23FN2O4/c1-31-23-9-5-2-6-18(23)15-32-16-20(29)14-28-25(30)22-8-4-3-7-21(22)24(27-28)17-10-12-19(26)13-11-17/h2-13,20,29H,14-16H2,1H3/t20-/m1/s1. The van der Waals surface area contributed by atoms with Gasteiger partial charge in [-0.25, -0.2) is 9.07 Å². The quantitative estimate of drug-likeness (QED) is 0.457. The van der Waals surface area contributed by atoms with Gasteiger partial charge in [-0.1, -0.05) is 36.4 Å². The van der Waals surface area contributed by atoms with E-state index in [1.807, 2.05) is 30.3 Å². The summed E-state index contributed by atoms with van der Waals surface area (Å²) in [5, 5.41) is 16.1. The molecule has 4 aromatic rings. The van der Waals surface area contributed by atoms with Gasteiger partial charge in [-0.15, -0.1) is 0 Å². The van der Waals surface area contributed by atoms with Crippen molar-refractivity contribution in [3.05, 3.63) is 94.5 Å². The fourth-order valence-electron chi connectivity index (χ4n) is 3.56. The number of nitrogens with zero attached hydrogens (tertiary/aromatic N) is 2. The predicted molar refractivity (Wildman–Crippen MR) is 120 cm³/mol. The van der Waals surface area contributed by atoms with Crippen LogP contribution in [0.15, 0.2) is 77.6 Å². The van der Waals surface area contributed by atoms with E-state index in [1.165, 1.54) is 16.8 Å². The molecule has 0 aliphatic heterocycles. The molecular formula is C25H23FN2O4. The van der Waals surface area contributed by atoms with Crippen molar-refractivity contribution >= 4 is 10.8 Å². The van der Waals surface area contributed by atoms with Gasteiger partial charge in [-0.2, -0.15) is 5.10 Å². The van der Waals surface area contributed by atoms with E-state index in [9.17, 15) is 14.3 Å². The molecule has 4 rings (SSSR count). The molecule has 0 saturated heterocycles. The highest BCUT2D eigenvalue weighted by Gasteiger charge is 2.15. The fraction of sp³-hybridized carbons (Fsp3) is 0.200. The number of ether oxygens (including phenoxy) is 2. The van der Waals surface area contributed by atoms with Crippen LogP contribution in [0.2, 0.25) is 0 Å². The molecular weight excluding hydrogens is 411 g/mol. The monoisotopic (exact) mass is 434 g/mol. The second-order valence-corrected chi connectivity index (χ2v) is 7.37. The first-order valence-electron chi connectivity index (χ1n) is 10.2. The lowest BCUT2D eigenvalue weighted by atomic mass is 10.1. The van der Waals surface area contributed by atoms with Gasteiger partial charge in [0.15, 0.2) is 0 Å². The number of benzene rings is 3. The van der Waals surface area contributed by atoms with Crippen molar-refractivity contribution in [1.82, 2.24) is 9.78 Å². The van der Waals surface area contributed by atoms with Crippen LogP contribution in [0.5, 0.6) is 5.75 Å². The maximum absolute atomic E-state index is 13.4. The molecule has 0 bridgehead atoms. The number of halogens is 1. The zero-order chi connectivity index (χ0) is 22.5. The van der Waals surface area contributed by atoms with Crippen LogP contribution in [0.4, 0.5) is 4.39 Å². The van der Waals surface area contributed by atoms with Crippen LogP contribution in [0.1, 0.15) is 5.56 Å². The van der Waals surface area contributed by atoms with Crippen LogP contribution >= 0.6 is 0 Å². The zero-order valence-corrected chi connectivity index (χ0v) is 17.6. The Morgan fingerprint density at radius 3 is 2.44 bits per heavy atom. The fourth-order valence-corrected chi connectivity index (χ4v) is 3.56. The van der Waals surface area contributed by atoms with E-state index in [1.54, 1.807) is 37.4 Å². The third kappa shape index (κ3) is 4.69. The number of aliphatic hydroxyl groups excluding tert-OH is 1. The third-order valence-electron chi connectivity index (χ3n) is 5.13. The van der Waals surface area contributed by atoms with Crippen LogP contribution in [-0.2, 0) is 17.9 Å². The molecule has 6 nitrogen and oxygen atoms in total. The number of aliphatic hydroxyl groups is 1. The van der Waals surface area contributed by atoms with E-state index in [4.69, 9.17) is 9.47 Å². The number of para-hydroxylation sites is 1. The van der Waals surface area contributed by atoms with Gasteiger partial charge >= 0.3 is 0 Å². The first-order chi connectivity index (χ1) is 15.6. The third-order valence-corrected chi connectivity index (χ3v) is 5.13. The van der Waals surface area contributed by atoms with Crippen LogP contribution < -0.4 is 10.3 Å². The molecule has 0 fully saturated rings. The maximum Gasteiger partial charge on any atom is 0.274 e. The number of hydrogen-bond donors (Lipinski definition) is 1. The molecule has 1 heterocycles. The van der Waals surface area contributed by atoms with Crippen LogP contribution in [0.25, 0.3) is 22.0 Å². The molecule has 1 atom stereocenters. The first-order valence-corrected chi connectivity index (χ1v) is 10.2. The lowest BCUT2D eigenvalue weighted by Gasteiger charge is -2.15. The lowest BCUT2D eigenvalue weighted by Crippen LogP contribution is -2.31. The van der Waals surface area contributed by atoms with Crippen LogP contribution in [0, 0.1) is 5.82 Å². The molecule has 32 heavy (non-hydrogen) atoms. The summed E-state index contributed by atoms with van der Waals surface area (Å²) in [6, 6.07) is 20.5. The topological polar surface area (TPSA) is 73.6 Å². The van der Waals surface area contributed by atoms with Crippen molar-refractivity contribution in [3.8, 4) is 17.0 Å². The van der Waals surface area contributed by atoms with Crippen molar-refractivity contribution in [2.75, 3.05) is 13.7 Å². The number of rotatable bonds is 8. The Bertz CT molecular complexity index is 1270. The highest BCUT2D eigenvalue weighted by molar-refractivity contribution is 5.93. The van der Waals surface area contributed by atoms with Gasteiger partial charge < -0.3 is 14.6 Å². The lowest BCUT2D eigenvalue weighted by molar-refractivity contribution is 0.0176. The van der Waals surface area contributed by atoms with Gasteiger partial charge in [0.1, 0.15) is 11.6 Å². The highest BCUT2D eigenvalue weighted by Crippen LogP contribution is 2.25. The van der Waals surface area contributed by atoms with E-state index in [-0.39, 0.29) is 31.1 Å².